The quantitative estimate of drug-likeness (QED) is 0.511. The molecule has 0 spiro atoms. The third kappa shape index (κ3) is 4.56. The van der Waals surface area contributed by atoms with E-state index < -0.39 is 0 Å². The average Bonchev–Trinajstić information content (AvgIpc) is 2.78. The van der Waals surface area contributed by atoms with Gasteiger partial charge in [-0.15, -0.1) is 0 Å². The fraction of sp³-hybridized carbons (Fsp3) is 0.192. The summed E-state index contributed by atoms with van der Waals surface area (Å²) in [5.41, 5.74) is 5.61. The summed E-state index contributed by atoms with van der Waals surface area (Å²) < 4.78 is 3.60. The van der Waals surface area contributed by atoms with Crippen molar-refractivity contribution in [3.05, 3.63) is 111 Å². The number of amides is 1. The van der Waals surface area contributed by atoms with Gasteiger partial charge in [-0.25, -0.2) is 9.36 Å². The van der Waals surface area contributed by atoms with E-state index >= 15 is 0 Å². The maximum Gasteiger partial charge on any atom is 0.345 e. The topological polar surface area (TPSA) is 55.0 Å². The van der Waals surface area contributed by atoms with E-state index in [-0.39, 0.29) is 11.5 Å². The van der Waals surface area contributed by atoms with Gasteiger partial charge in [0.1, 0.15) is 17.4 Å². The number of carbonyl (C=O) groups is 1. The second kappa shape index (κ2) is 8.56. The van der Waals surface area contributed by atoms with E-state index in [2.05, 4.69) is 5.32 Å². The zero-order chi connectivity index (χ0) is 22.0. The number of aryl methyl sites for hydroxylation is 3. The summed E-state index contributed by atoms with van der Waals surface area (Å²) in [6.45, 7) is 4.99. The highest BCUT2D eigenvalue weighted by Gasteiger charge is 2.16. The number of hydrogen-bond donors (Lipinski definition) is 1. The van der Waals surface area contributed by atoms with Crippen LogP contribution < -0.4 is 15.4 Å². The molecular weight excluding hydrogens is 386 g/mol. The maximum atomic E-state index is 13.2. The molecule has 0 aliphatic rings. The highest BCUT2D eigenvalue weighted by Crippen LogP contribution is 2.11. The zero-order valence-electron chi connectivity index (χ0n) is 18.1. The van der Waals surface area contributed by atoms with Crippen LogP contribution in [0.2, 0.25) is 0 Å². The number of nitrogens with zero attached hydrogens (tertiary/aromatic N) is 2. The summed E-state index contributed by atoms with van der Waals surface area (Å²) in [6, 6.07) is 21.5. The number of rotatable bonds is 5. The maximum absolute atomic E-state index is 13.2. The van der Waals surface area contributed by atoms with Crippen LogP contribution in [0.4, 0.5) is 0 Å². The van der Waals surface area contributed by atoms with Crippen molar-refractivity contribution >= 4 is 16.8 Å². The minimum absolute atomic E-state index is 0.109. The summed E-state index contributed by atoms with van der Waals surface area (Å²) >= 11 is 0. The number of aromatic nitrogens is 2. The van der Waals surface area contributed by atoms with Crippen molar-refractivity contribution in [2.24, 2.45) is 7.05 Å². The fourth-order valence-corrected chi connectivity index (χ4v) is 3.63. The molecule has 31 heavy (non-hydrogen) atoms. The predicted molar refractivity (Wildman–Crippen MR) is 122 cm³/mol. The van der Waals surface area contributed by atoms with Gasteiger partial charge in [-0.1, -0.05) is 59.7 Å². The van der Waals surface area contributed by atoms with Gasteiger partial charge in [0.25, 0.3) is 5.91 Å². The van der Waals surface area contributed by atoms with E-state index in [1.54, 1.807) is 16.7 Å². The molecule has 0 saturated heterocycles. The molecule has 0 saturated carbocycles. The van der Waals surface area contributed by atoms with E-state index in [1.165, 1.54) is 11.1 Å². The SMILES string of the molecule is Cc1ccc(CNC(=O)c2ccc3c(c2)c(=O)n(Cc2ccc(C)cc2)c[n+]3C)cc1. The first-order valence-electron chi connectivity index (χ1n) is 10.3. The van der Waals surface area contributed by atoms with Gasteiger partial charge in [0, 0.05) is 12.1 Å². The molecule has 156 valence electrons. The van der Waals surface area contributed by atoms with E-state index in [9.17, 15) is 9.59 Å². The summed E-state index contributed by atoms with van der Waals surface area (Å²) in [7, 11) is 1.91. The predicted octanol–water partition coefficient (Wildman–Crippen LogP) is 3.42. The van der Waals surface area contributed by atoms with Crippen LogP contribution in [0.25, 0.3) is 10.9 Å². The van der Waals surface area contributed by atoms with Crippen LogP contribution in [0.3, 0.4) is 0 Å². The molecule has 4 rings (SSSR count). The molecule has 0 radical (unpaired) electrons. The molecule has 0 aliphatic heterocycles. The monoisotopic (exact) mass is 412 g/mol. The lowest BCUT2D eigenvalue weighted by atomic mass is 10.1. The largest absolute Gasteiger partial charge is 0.348 e. The molecule has 0 bridgehead atoms. The summed E-state index contributed by atoms with van der Waals surface area (Å²) in [6.07, 6.45) is 1.81. The van der Waals surface area contributed by atoms with E-state index in [1.807, 2.05) is 86.4 Å². The molecular formula is C26H26N3O2+. The van der Waals surface area contributed by atoms with Gasteiger partial charge in [0.15, 0.2) is 0 Å². The first kappa shape index (κ1) is 20.5. The number of nitrogens with one attached hydrogen (secondary N) is 1. The van der Waals surface area contributed by atoms with Gasteiger partial charge in [0.2, 0.25) is 6.33 Å². The highest BCUT2D eigenvalue weighted by molar-refractivity contribution is 5.97. The number of carbonyl (C=O) groups excluding carboxylic acids is 1. The molecule has 5 nitrogen and oxygen atoms in total. The minimum atomic E-state index is -0.196. The molecule has 0 unspecified atom stereocenters. The van der Waals surface area contributed by atoms with Crippen LogP contribution in [-0.2, 0) is 20.1 Å². The van der Waals surface area contributed by atoms with Gasteiger partial charge in [-0.2, -0.15) is 4.57 Å². The average molecular weight is 413 g/mol. The van der Waals surface area contributed by atoms with Crippen LogP contribution in [0, 0.1) is 13.8 Å². The molecule has 0 fully saturated rings. The van der Waals surface area contributed by atoms with Crippen LogP contribution >= 0.6 is 0 Å². The molecule has 4 aromatic rings. The molecule has 5 heteroatoms. The van der Waals surface area contributed by atoms with Crippen LogP contribution in [0.15, 0.2) is 77.9 Å². The van der Waals surface area contributed by atoms with Gasteiger partial charge >= 0.3 is 5.56 Å². The normalized spacial score (nSPS) is 10.9. The fourth-order valence-electron chi connectivity index (χ4n) is 3.63. The lowest BCUT2D eigenvalue weighted by Gasteiger charge is -2.08. The Hall–Kier alpha value is -3.73. The summed E-state index contributed by atoms with van der Waals surface area (Å²) in [4.78, 5) is 25.9. The van der Waals surface area contributed by atoms with E-state index in [0.29, 0.717) is 24.0 Å². The van der Waals surface area contributed by atoms with Crippen LogP contribution in [0.5, 0.6) is 0 Å². The molecule has 1 heterocycles. The van der Waals surface area contributed by atoms with Gasteiger partial charge in [-0.3, -0.25) is 4.79 Å². The second-order valence-corrected chi connectivity index (χ2v) is 8.05. The Kier molecular flexibility index (Phi) is 5.67. The van der Waals surface area contributed by atoms with Crippen LogP contribution in [0.1, 0.15) is 32.6 Å². The lowest BCUT2D eigenvalue weighted by Crippen LogP contribution is -2.38. The standard InChI is InChI=1S/C26H25N3O2/c1-18-4-8-20(9-5-18)15-27-25(30)22-12-13-24-23(14-22)26(31)29(17-28(24)3)16-21-10-6-19(2)7-11-21/h4-14,17H,15-16H2,1-3H3/p+1. The van der Waals surface area contributed by atoms with Crippen molar-refractivity contribution in [2.45, 2.75) is 26.9 Å². The van der Waals surface area contributed by atoms with E-state index in [0.717, 1.165) is 16.6 Å². The van der Waals surface area contributed by atoms with Crippen molar-refractivity contribution in [2.75, 3.05) is 0 Å². The van der Waals surface area contributed by atoms with Crippen molar-refractivity contribution in [3.8, 4) is 0 Å². The Balaban J connectivity index is 1.61. The Bertz CT molecular complexity index is 1300. The zero-order valence-corrected chi connectivity index (χ0v) is 18.1. The van der Waals surface area contributed by atoms with Crippen molar-refractivity contribution in [1.82, 2.24) is 9.88 Å². The summed E-state index contributed by atoms with van der Waals surface area (Å²) in [5.74, 6) is -0.196. The molecule has 0 atom stereocenters. The molecule has 1 amide bonds. The Labute approximate surface area is 181 Å². The first-order valence-corrected chi connectivity index (χ1v) is 10.3. The second-order valence-electron chi connectivity index (χ2n) is 8.05. The Morgan fingerprint density at radius 1 is 0.903 bits per heavy atom. The van der Waals surface area contributed by atoms with Crippen molar-refractivity contribution in [1.29, 1.82) is 0 Å². The number of benzene rings is 3. The minimum Gasteiger partial charge on any atom is -0.348 e. The molecule has 3 aromatic carbocycles. The summed E-state index contributed by atoms with van der Waals surface area (Å²) in [5, 5.41) is 3.47. The van der Waals surface area contributed by atoms with Gasteiger partial charge in [-0.05, 0) is 43.2 Å². The van der Waals surface area contributed by atoms with E-state index in [4.69, 9.17) is 0 Å². The Morgan fingerprint density at radius 2 is 1.52 bits per heavy atom. The van der Waals surface area contributed by atoms with Crippen molar-refractivity contribution < 1.29 is 9.36 Å². The smallest absolute Gasteiger partial charge is 0.345 e. The molecule has 1 aromatic heterocycles. The Morgan fingerprint density at radius 3 is 2.16 bits per heavy atom. The highest BCUT2D eigenvalue weighted by atomic mass is 16.1. The van der Waals surface area contributed by atoms with Gasteiger partial charge < -0.3 is 5.32 Å². The molecule has 0 aliphatic carbocycles. The third-order valence-electron chi connectivity index (χ3n) is 5.49. The first-order chi connectivity index (χ1) is 14.9. The van der Waals surface area contributed by atoms with Crippen molar-refractivity contribution in [3.63, 3.8) is 0 Å². The number of hydrogen-bond acceptors (Lipinski definition) is 2. The van der Waals surface area contributed by atoms with Gasteiger partial charge in [0.05, 0.1) is 7.05 Å². The van der Waals surface area contributed by atoms with Crippen LogP contribution in [-0.4, -0.2) is 10.5 Å². The number of fused-ring (bicyclic) bond motifs is 1. The lowest BCUT2D eigenvalue weighted by molar-refractivity contribution is -0.649. The molecule has 1 N–H and O–H groups in total. The third-order valence-corrected chi connectivity index (χ3v) is 5.49.